The zero-order valence-electron chi connectivity index (χ0n) is 13.4. The maximum atomic E-state index is 12.4. The van der Waals surface area contributed by atoms with Crippen molar-refractivity contribution >= 4 is 35.8 Å². The second kappa shape index (κ2) is 8.80. The van der Waals surface area contributed by atoms with E-state index in [2.05, 4.69) is 23.7 Å². The number of carbonyl (C=O) groups excluding carboxylic acids is 1. The second-order valence-corrected chi connectivity index (χ2v) is 7.22. The summed E-state index contributed by atoms with van der Waals surface area (Å²) in [5, 5.41) is 3.03. The van der Waals surface area contributed by atoms with Gasteiger partial charge in [-0.3, -0.25) is 4.79 Å². The number of hydrogen-bond acceptors (Lipinski definition) is 3. The maximum absolute atomic E-state index is 12.4. The lowest BCUT2D eigenvalue weighted by atomic mass is 9.74. The summed E-state index contributed by atoms with van der Waals surface area (Å²) in [6.45, 7) is 2.00. The van der Waals surface area contributed by atoms with Crippen LogP contribution in [0.5, 0.6) is 0 Å². The van der Waals surface area contributed by atoms with Crippen molar-refractivity contribution in [1.82, 2.24) is 0 Å². The number of nitrogens with one attached hydrogen (secondary N) is 1. The largest absolute Gasteiger partial charge is 0.326 e. The molecule has 1 amide bonds. The number of carbonyl (C=O) groups is 1. The summed E-state index contributed by atoms with van der Waals surface area (Å²) in [4.78, 5) is 12.4. The van der Waals surface area contributed by atoms with Crippen molar-refractivity contribution in [2.45, 2.75) is 44.6 Å². The van der Waals surface area contributed by atoms with Gasteiger partial charge in [0.1, 0.15) is 0 Å². The Kier molecular flexibility index (Phi) is 7.74. The quantitative estimate of drug-likeness (QED) is 0.854. The van der Waals surface area contributed by atoms with Crippen LogP contribution in [-0.2, 0) is 11.2 Å². The van der Waals surface area contributed by atoms with E-state index >= 15 is 0 Å². The first-order valence-corrected chi connectivity index (χ1v) is 9.10. The van der Waals surface area contributed by atoms with Crippen molar-refractivity contribution in [3.05, 3.63) is 29.8 Å². The van der Waals surface area contributed by atoms with Crippen molar-refractivity contribution in [1.29, 1.82) is 0 Å². The fourth-order valence-electron chi connectivity index (χ4n) is 2.99. The molecular formula is C17H27ClN2OS. The van der Waals surface area contributed by atoms with Gasteiger partial charge in [0.05, 0.1) is 5.92 Å². The molecule has 2 atom stereocenters. The number of rotatable bonds is 5. The molecule has 2 rings (SSSR count). The first kappa shape index (κ1) is 19.3. The van der Waals surface area contributed by atoms with E-state index in [0.29, 0.717) is 0 Å². The van der Waals surface area contributed by atoms with Gasteiger partial charge < -0.3 is 11.1 Å². The molecule has 0 aliphatic heterocycles. The summed E-state index contributed by atoms with van der Waals surface area (Å²) in [7, 11) is 0. The average Bonchev–Trinajstić information content (AvgIpc) is 2.46. The molecule has 1 aromatic carbocycles. The molecule has 0 spiro atoms. The SMILES string of the molecule is CSCCc1ccc(NC(=O)C2CCCCC2(C)N)cc1.Cl. The lowest BCUT2D eigenvalue weighted by Gasteiger charge is -2.37. The van der Waals surface area contributed by atoms with Crippen LogP contribution in [0.15, 0.2) is 24.3 Å². The van der Waals surface area contributed by atoms with Crippen LogP contribution in [0.1, 0.15) is 38.2 Å². The number of nitrogens with two attached hydrogens (primary N) is 1. The molecule has 22 heavy (non-hydrogen) atoms. The molecule has 3 N–H and O–H groups in total. The molecule has 0 radical (unpaired) electrons. The van der Waals surface area contributed by atoms with Gasteiger partial charge >= 0.3 is 0 Å². The molecule has 0 aromatic heterocycles. The first-order chi connectivity index (χ1) is 10.0. The van der Waals surface area contributed by atoms with E-state index in [1.54, 1.807) is 0 Å². The van der Waals surface area contributed by atoms with Gasteiger partial charge in [0.15, 0.2) is 0 Å². The summed E-state index contributed by atoms with van der Waals surface area (Å²) in [5.41, 5.74) is 8.10. The molecule has 124 valence electrons. The molecule has 2 unspecified atom stereocenters. The highest BCUT2D eigenvalue weighted by Crippen LogP contribution is 2.32. The van der Waals surface area contributed by atoms with Crippen LogP contribution in [0.25, 0.3) is 0 Å². The fourth-order valence-corrected chi connectivity index (χ4v) is 3.43. The van der Waals surface area contributed by atoms with Gasteiger partial charge in [-0.25, -0.2) is 0 Å². The van der Waals surface area contributed by atoms with Gasteiger partial charge in [-0.15, -0.1) is 12.4 Å². The summed E-state index contributed by atoms with van der Waals surface area (Å²) in [6, 6.07) is 8.16. The predicted octanol–water partition coefficient (Wildman–Crippen LogP) is 3.86. The first-order valence-electron chi connectivity index (χ1n) is 7.70. The number of hydrogen-bond donors (Lipinski definition) is 2. The van der Waals surface area contributed by atoms with Gasteiger partial charge in [-0.2, -0.15) is 11.8 Å². The highest BCUT2D eigenvalue weighted by atomic mass is 35.5. The molecule has 0 saturated heterocycles. The Hall–Kier alpha value is -0.710. The third kappa shape index (κ3) is 5.18. The van der Waals surface area contributed by atoms with E-state index in [1.807, 2.05) is 30.8 Å². The molecule has 5 heteroatoms. The molecule has 1 saturated carbocycles. The van der Waals surface area contributed by atoms with E-state index < -0.39 is 0 Å². The van der Waals surface area contributed by atoms with Crippen molar-refractivity contribution in [2.75, 3.05) is 17.3 Å². The zero-order chi connectivity index (χ0) is 15.3. The van der Waals surface area contributed by atoms with Crippen LogP contribution in [0, 0.1) is 5.92 Å². The topological polar surface area (TPSA) is 55.1 Å². The molecule has 1 aromatic rings. The van der Waals surface area contributed by atoms with Crippen molar-refractivity contribution in [2.24, 2.45) is 11.7 Å². The highest BCUT2D eigenvalue weighted by molar-refractivity contribution is 7.98. The van der Waals surface area contributed by atoms with Gasteiger partial charge in [0.2, 0.25) is 5.91 Å². The number of amides is 1. The smallest absolute Gasteiger partial charge is 0.229 e. The minimum Gasteiger partial charge on any atom is -0.326 e. The molecular weight excluding hydrogens is 316 g/mol. The third-order valence-corrected chi connectivity index (χ3v) is 5.00. The third-order valence-electron chi connectivity index (χ3n) is 4.39. The number of aryl methyl sites for hydroxylation is 1. The minimum absolute atomic E-state index is 0. The second-order valence-electron chi connectivity index (χ2n) is 6.23. The van der Waals surface area contributed by atoms with E-state index in [4.69, 9.17) is 5.73 Å². The molecule has 1 fully saturated rings. The van der Waals surface area contributed by atoms with Gasteiger partial charge in [0.25, 0.3) is 0 Å². The molecule has 1 aliphatic rings. The summed E-state index contributed by atoms with van der Waals surface area (Å²) < 4.78 is 0. The van der Waals surface area contributed by atoms with Crippen molar-refractivity contribution in [3.63, 3.8) is 0 Å². The van der Waals surface area contributed by atoms with Crippen LogP contribution in [0.2, 0.25) is 0 Å². The fraction of sp³-hybridized carbons (Fsp3) is 0.588. The van der Waals surface area contributed by atoms with E-state index in [0.717, 1.165) is 43.5 Å². The Morgan fingerprint density at radius 1 is 1.36 bits per heavy atom. The molecule has 0 bridgehead atoms. The van der Waals surface area contributed by atoms with E-state index in [-0.39, 0.29) is 29.8 Å². The van der Waals surface area contributed by atoms with Crippen LogP contribution < -0.4 is 11.1 Å². The highest BCUT2D eigenvalue weighted by Gasteiger charge is 2.37. The van der Waals surface area contributed by atoms with Crippen LogP contribution >= 0.6 is 24.2 Å². The van der Waals surface area contributed by atoms with Gasteiger partial charge in [-0.05, 0) is 55.9 Å². The van der Waals surface area contributed by atoms with Crippen LogP contribution in [0.3, 0.4) is 0 Å². The number of anilines is 1. The van der Waals surface area contributed by atoms with Crippen molar-refractivity contribution in [3.8, 4) is 0 Å². The monoisotopic (exact) mass is 342 g/mol. The van der Waals surface area contributed by atoms with Crippen molar-refractivity contribution < 1.29 is 4.79 Å². The van der Waals surface area contributed by atoms with Crippen LogP contribution in [0.4, 0.5) is 5.69 Å². The molecule has 0 heterocycles. The van der Waals surface area contributed by atoms with E-state index in [9.17, 15) is 4.79 Å². The van der Waals surface area contributed by atoms with Gasteiger partial charge in [0, 0.05) is 11.2 Å². The zero-order valence-corrected chi connectivity index (χ0v) is 15.1. The summed E-state index contributed by atoms with van der Waals surface area (Å²) in [5.74, 6) is 1.11. The Balaban J connectivity index is 0.00000242. The number of halogens is 1. The Morgan fingerprint density at radius 2 is 2.05 bits per heavy atom. The standard InChI is InChI=1S/C17H26N2OS.ClH/c1-17(18)11-4-3-5-15(17)16(20)19-14-8-6-13(7-9-14)10-12-21-2;/h6-9,15H,3-5,10-12,18H2,1-2H3,(H,19,20);1H. The summed E-state index contributed by atoms with van der Waals surface area (Å²) in [6.07, 6.45) is 7.23. The maximum Gasteiger partial charge on any atom is 0.229 e. The number of benzene rings is 1. The van der Waals surface area contributed by atoms with E-state index in [1.165, 1.54) is 5.56 Å². The Morgan fingerprint density at radius 3 is 2.64 bits per heavy atom. The Labute approximate surface area is 144 Å². The van der Waals surface area contributed by atoms with Crippen LogP contribution in [-0.4, -0.2) is 23.5 Å². The molecule has 3 nitrogen and oxygen atoms in total. The Bertz CT molecular complexity index is 476. The summed E-state index contributed by atoms with van der Waals surface area (Å²) >= 11 is 1.85. The molecule has 1 aliphatic carbocycles. The number of thioether (sulfide) groups is 1. The minimum atomic E-state index is -0.374. The van der Waals surface area contributed by atoms with Gasteiger partial charge in [-0.1, -0.05) is 25.0 Å². The predicted molar refractivity (Wildman–Crippen MR) is 99.0 cm³/mol. The lowest BCUT2D eigenvalue weighted by Crippen LogP contribution is -2.51. The average molecular weight is 343 g/mol. The lowest BCUT2D eigenvalue weighted by molar-refractivity contribution is -0.122. The normalized spacial score (nSPS) is 24.4.